The van der Waals surface area contributed by atoms with Crippen molar-refractivity contribution in [3.8, 4) is 0 Å². The first-order valence-electron chi connectivity index (χ1n) is 15.3. The largest absolute Gasteiger partial charge is 0.299 e. The van der Waals surface area contributed by atoms with Gasteiger partial charge in [0.25, 0.3) is 0 Å². The Morgan fingerprint density at radius 2 is 1.05 bits per heavy atom. The minimum atomic E-state index is 0.150. The van der Waals surface area contributed by atoms with Gasteiger partial charge in [-0.2, -0.15) is 20.4 Å². The highest BCUT2D eigenvalue weighted by atomic mass is 16.1. The highest BCUT2D eigenvalue weighted by molar-refractivity contribution is 5.83. The molecule has 0 spiro atoms. The summed E-state index contributed by atoms with van der Waals surface area (Å²) >= 11 is 0. The molecular weight excluding hydrogens is 520 g/mol. The van der Waals surface area contributed by atoms with Crippen LogP contribution in [0, 0.1) is 0 Å². The van der Waals surface area contributed by atoms with E-state index >= 15 is 0 Å². The molecule has 1 fully saturated rings. The Bertz CT molecular complexity index is 1380. The molecule has 0 radical (unpaired) electrons. The number of Topliss-reactive ketones (excluding diaryl/α,β-unsaturated/α-hetero) is 2. The number of hydrogen-bond donors (Lipinski definition) is 0. The van der Waals surface area contributed by atoms with Gasteiger partial charge in [-0.15, -0.1) is 0 Å². The third kappa shape index (κ3) is 8.03. The normalized spacial score (nSPS) is 16.7. The van der Waals surface area contributed by atoms with Crippen LogP contribution in [-0.2, 0) is 48.1 Å². The van der Waals surface area contributed by atoms with Gasteiger partial charge >= 0.3 is 0 Å². The van der Waals surface area contributed by atoms with Gasteiger partial charge in [0.05, 0.1) is 35.6 Å². The van der Waals surface area contributed by atoms with Crippen LogP contribution in [-0.4, -0.2) is 32.0 Å². The zero-order valence-electron chi connectivity index (χ0n) is 24.8. The lowest BCUT2D eigenvalue weighted by Crippen LogP contribution is -2.17. The van der Waals surface area contributed by atoms with Crippen LogP contribution >= 0.6 is 0 Å². The van der Waals surface area contributed by atoms with Crippen LogP contribution in [0.25, 0.3) is 0 Å². The van der Waals surface area contributed by atoms with Gasteiger partial charge in [-0.25, -0.2) is 0 Å². The zero-order chi connectivity index (χ0) is 29.3. The number of nitrogens with zero attached hydrogens (tertiary/aromatic N) is 4. The van der Waals surface area contributed by atoms with Gasteiger partial charge in [0.1, 0.15) is 11.6 Å². The van der Waals surface area contributed by atoms with Gasteiger partial charge in [0.15, 0.2) is 0 Å². The van der Waals surface area contributed by atoms with Gasteiger partial charge in [-0.3, -0.25) is 9.59 Å². The van der Waals surface area contributed by atoms with Crippen molar-refractivity contribution in [1.29, 1.82) is 0 Å². The van der Waals surface area contributed by atoms with E-state index in [0.29, 0.717) is 37.5 Å². The summed E-state index contributed by atoms with van der Waals surface area (Å²) in [6.07, 6.45) is 7.53. The first-order chi connectivity index (χ1) is 20.5. The molecule has 1 saturated carbocycles. The second kappa shape index (κ2) is 14.2. The predicted octanol–water partition coefficient (Wildman–Crippen LogP) is 6.54. The van der Waals surface area contributed by atoms with E-state index in [0.717, 1.165) is 72.4 Å². The lowest BCUT2D eigenvalue weighted by atomic mass is 9.78. The summed E-state index contributed by atoms with van der Waals surface area (Å²) < 4.78 is 0. The molecule has 0 unspecified atom stereocenters. The van der Waals surface area contributed by atoms with E-state index in [2.05, 4.69) is 58.5 Å². The molecule has 1 aliphatic carbocycles. The summed E-state index contributed by atoms with van der Waals surface area (Å²) in [5.41, 5.74) is 8.00. The molecule has 0 amide bonds. The molecule has 216 valence electrons. The van der Waals surface area contributed by atoms with Crippen LogP contribution in [0.5, 0.6) is 0 Å². The molecule has 2 aromatic carbocycles. The van der Waals surface area contributed by atoms with E-state index in [1.807, 2.05) is 48.5 Å². The molecule has 6 nitrogen and oxygen atoms in total. The third-order valence-electron chi connectivity index (χ3n) is 8.35. The number of rotatable bonds is 12. The molecule has 5 rings (SSSR count). The smallest absolute Gasteiger partial charge is 0.143 e. The Morgan fingerprint density at radius 1 is 0.595 bits per heavy atom. The maximum Gasteiger partial charge on any atom is 0.143 e. The fourth-order valence-corrected chi connectivity index (χ4v) is 5.99. The van der Waals surface area contributed by atoms with Gasteiger partial charge in [-0.05, 0) is 78.6 Å². The molecule has 1 aliphatic rings. The molecule has 2 heterocycles. The monoisotopic (exact) mass is 560 g/mol. The minimum absolute atomic E-state index is 0.150. The second-order valence-electron chi connectivity index (χ2n) is 11.6. The van der Waals surface area contributed by atoms with Crippen molar-refractivity contribution in [1.82, 2.24) is 20.4 Å². The number of aromatic nitrogens is 4. The van der Waals surface area contributed by atoms with E-state index in [9.17, 15) is 9.59 Å². The van der Waals surface area contributed by atoms with Crippen LogP contribution in [0.3, 0.4) is 0 Å². The Balaban J connectivity index is 1.13. The molecule has 6 heteroatoms. The fraction of sp³-hybridized carbons (Fsp3) is 0.389. The van der Waals surface area contributed by atoms with Crippen LogP contribution < -0.4 is 0 Å². The highest BCUT2D eigenvalue weighted by Crippen LogP contribution is 2.39. The molecular formula is C36H40N4O2. The van der Waals surface area contributed by atoms with Gasteiger partial charge in [-0.1, -0.05) is 68.8 Å². The van der Waals surface area contributed by atoms with Crippen LogP contribution in [0.1, 0.15) is 96.4 Å². The van der Waals surface area contributed by atoms with Gasteiger partial charge in [0, 0.05) is 24.7 Å². The quantitative estimate of drug-likeness (QED) is 0.196. The number of carbonyl (C=O) groups is 2. The van der Waals surface area contributed by atoms with Crippen molar-refractivity contribution in [2.75, 3.05) is 0 Å². The van der Waals surface area contributed by atoms with Crippen molar-refractivity contribution in [3.05, 3.63) is 118 Å². The second-order valence-corrected chi connectivity index (χ2v) is 11.6. The van der Waals surface area contributed by atoms with E-state index in [1.165, 1.54) is 11.1 Å². The first kappa shape index (κ1) is 29.4. The van der Waals surface area contributed by atoms with Gasteiger partial charge in [0.2, 0.25) is 0 Å². The topological polar surface area (TPSA) is 85.7 Å². The van der Waals surface area contributed by atoms with Crippen LogP contribution in [0.4, 0.5) is 0 Å². The maximum atomic E-state index is 12.7. The van der Waals surface area contributed by atoms with E-state index in [1.54, 1.807) is 0 Å². The lowest BCUT2D eigenvalue weighted by Gasteiger charge is -2.28. The first-order valence-corrected chi connectivity index (χ1v) is 15.3. The standard InChI is InChI=1S/C36H40N4O2/c1-3-25-8-5-10-27(18-25)20-33(41)23-31-14-16-35(39-37-31)29-12-7-13-30(22-29)36-17-15-32(38-40-36)24-34(42)21-28-11-6-9-26(4-2)19-28/h5-6,8-11,14-19,29-30H,3-4,7,12-13,20-24H2,1-2H3/t29-,30-/m0/s1. The van der Waals surface area contributed by atoms with Crippen molar-refractivity contribution < 1.29 is 9.59 Å². The number of ketones is 2. The number of aryl methyl sites for hydroxylation is 2. The Kier molecular flexibility index (Phi) is 9.96. The highest BCUT2D eigenvalue weighted by Gasteiger charge is 2.27. The van der Waals surface area contributed by atoms with E-state index < -0.39 is 0 Å². The Morgan fingerprint density at radius 3 is 1.45 bits per heavy atom. The lowest BCUT2D eigenvalue weighted by molar-refractivity contribution is -0.118. The number of carbonyl (C=O) groups excluding carboxylic acids is 2. The number of benzene rings is 2. The average Bonchev–Trinajstić information content (AvgIpc) is 3.02. The van der Waals surface area contributed by atoms with Crippen molar-refractivity contribution >= 4 is 11.6 Å². The number of hydrogen-bond acceptors (Lipinski definition) is 6. The fourth-order valence-electron chi connectivity index (χ4n) is 5.99. The molecule has 0 bridgehead atoms. The Labute approximate surface area is 249 Å². The minimum Gasteiger partial charge on any atom is -0.299 e. The summed E-state index contributed by atoms with van der Waals surface area (Å²) in [6, 6.07) is 24.4. The third-order valence-corrected chi connectivity index (χ3v) is 8.35. The van der Waals surface area contributed by atoms with Crippen molar-refractivity contribution in [2.24, 2.45) is 0 Å². The van der Waals surface area contributed by atoms with E-state index in [4.69, 9.17) is 0 Å². The predicted molar refractivity (Wildman–Crippen MR) is 164 cm³/mol. The molecule has 4 aromatic rings. The zero-order valence-corrected chi connectivity index (χ0v) is 24.8. The Hall–Kier alpha value is -4.06. The molecule has 2 atom stereocenters. The molecule has 0 saturated heterocycles. The molecule has 0 aliphatic heterocycles. The van der Waals surface area contributed by atoms with Crippen LogP contribution in [0.15, 0.2) is 72.8 Å². The average molecular weight is 561 g/mol. The molecule has 0 N–H and O–H groups in total. The summed E-state index contributed by atoms with van der Waals surface area (Å²) in [5, 5.41) is 17.9. The maximum absolute atomic E-state index is 12.7. The summed E-state index contributed by atoms with van der Waals surface area (Å²) in [5.74, 6) is 0.911. The van der Waals surface area contributed by atoms with Crippen LogP contribution in [0.2, 0.25) is 0 Å². The SMILES string of the molecule is CCc1cccc(CC(=O)Cc2ccc([C@H]3CCC[C@H](c4ccc(CC(=O)Cc5cccc(CC)c5)nn4)C3)nn2)c1. The van der Waals surface area contributed by atoms with E-state index in [-0.39, 0.29) is 11.6 Å². The molecule has 42 heavy (non-hydrogen) atoms. The van der Waals surface area contributed by atoms with Crippen molar-refractivity contribution in [2.45, 2.75) is 89.9 Å². The summed E-state index contributed by atoms with van der Waals surface area (Å²) in [4.78, 5) is 25.3. The van der Waals surface area contributed by atoms with Crippen molar-refractivity contribution in [3.63, 3.8) is 0 Å². The molecule has 2 aromatic heterocycles. The summed E-state index contributed by atoms with van der Waals surface area (Å²) in [6.45, 7) is 4.24. The summed E-state index contributed by atoms with van der Waals surface area (Å²) in [7, 11) is 0. The van der Waals surface area contributed by atoms with Gasteiger partial charge < -0.3 is 0 Å².